The third-order valence-electron chi connectivity index (χ3n) is 4.66. The van der Waals surface area contributed by atoms with Crippen LogP contribution in [0.2, 0.25) is 0 Å². The molecule has 2 amide bonds. The Kier molecular flexibility index (Phi) is 4.51. The van der Waals surface area contributed by atoms with E-state index in [-0.39, 0.29) is 23.6 Å². The Morgan fingerprint density at radius 3 is 2.36 bits per heavy atom. The van der Waals surface area contributed by atoms with Crippen molar-refractivity contribution in [3.63, 3.8) is 0 Å². The number of anilines is 1. The van der Waals surface area contributed by atoms with Gasteiger partial charge in [0.25, 0.3) is 11.8 Å². The second-order valence-electron chi connectivity index (χ2n) is 6.30. The molecule has 0 N–H and O–H groups in total. The van der Waals surface area contributed by atoms with Crippen LogP contribution in [0.4, 0.5) is 5.69 Å². The Bertz CT molecular complexity index is 858. The lowest BCUT2D eigenvalue weighted by atomic mass is 10.1. The van der Waals surface area contributed by atoms with E-state index in [0.717, 1.165) is 16.8 Å². The SMILES string of the molecule is Cc1ccc(C(=O)N=C2C(=O)N(c3ccccc3)N(C)C2C)cc1C. The van der Waals surface area contributed by atoms with Crippen LogP contribution >= 0.6 is 0 Å². The van der Waals surface area contributed by atoms with Crippen LogP contribution in [0, 0.1) is 13.8 Å². The smallest absolute Gasteiger partial charge is 0.267 e. The van der Waals surface area contributed by atoms with Crippen molar-refractivity contribution in [1.82, 2.24) is 5.01 Å². The number of hydrazine groups is 1. The number of hydrogen-bond donors (Lipinski definition) is 0. The fourth-order valence-electron chi connectivity index (χ4n) is 2.84. The first-order chi connectivity index (χ1) is 11.9. The van der Waals surface area contributed by atoms with Crippen molar-refractivity contribution < 1.29 is 9.59 Å². The fraction of sp³-hybridized carbons (Fsp3) is 0.250. The van der Waals surface area contributed by atoms with Crippen LogP contribution in [0.1, 0.15) is 28.4 Å². The van der Waals surface area contributed by atoms with Crippen LogP contribution < -0.4 is 5.01 Å². The maximum Gasteiger partial charge on any atom is 0.289 e. The molecule has 2 aromatic carbocycles. The third-order valence-corrected chi connectivity index (χ3v) is 4.66. The molecule has 0 bridgehead atoms. The van der Waals surface area contributed by atoms with E-state index < -0.39 is 0 Å². The first-order valence-corrected chi connectivity index (χ1v) is 8.22. The minimum atomic E-state index is -0.387. The Balaban J connectivity index is 1.93. The van der Waals surface area contributed by atoms with Gasteiger partial charge in [-0.1, -0.05) is 24.3 Å². The van der Waals surface area contributed by atoms with Gasteiger partial charge in [-0.15, -0.1) is 0 Å². The molecule has 5 heteroatoms. The van der Waals surface area contributed by atoms with Gasteiger partial charge in [-0.25, -0.2) is 15.0 Å². The lowest BCUT2D eigenvalue weighted by Crippen LogP contribution is -2.38. The highest BCUT2D eigenvalue weighted by atomic mass is 16.2. The zero-order valence-corrected chi connectivity index (χ0v) is 14.9. The molecule has 1 aliphatic heterocycles. The van der Waals surface area contributed by atoms with Crippen LogP contribution in [-0.4, -0.2) is 35.6 Å². The first-order valence-electron chi connectivity index (χ1n) is 8.22. The van der Waals surface area contributed by atoms with Gasteiger partial charge in [-0.2, -0.15) is 0 Å². The molecule has 1 unspecified atom stereocenters. The molecule has 1 atom stereocenters. The van der Waals surface area contributed by atoms with E-state index in [0.29, 0.717) is 5.56 Å². The van der Waals surface area contributed by atoms with E-state index in [1.54, 1.807) is 16.1 Å². The van der Waals surface area contributed by atoms with E-state index in [9.17, 15) is 9.59 Å². The van der Waals surface area contributed by atoms with Gasteiger partial charge in [-0.3, -0.25) is 9.59 Å². The van der Waals surface area contributed by atoms with Crippen molar-refractivity contribution in [3.05, 3.63) is 65.2 Å². The van der Waals surface area contributed by atoms with Gasteiger partial charge in [0.15, 0.2) is 0 Å². The lowest BCUT2D eigenvalue weighted by Gasteiger charge is -2.25. The number of hydrogen-bond acceptors (Lipinski definition) is 3. The second-order valence-corrected chi connectivity index (χ2v) is 6.30. The average molecular weight is 335 g/mol. The van der Waals surface area contributed by atoms with E-state index in [4.69, 9.17) is 0 Å². The molecule has 2 aromatic rings. The molecule has 3 rings (SSSR count). The Hall–Kier alpha value is -2.79. The predicted molar refractivity (Wildman–Crippen MR) is 98.8 cm³/mol. The summed E-state index contributed by atoms with van der Waals surface area (Å²) >= 11 is 0. The summed E-state index contributed by atoms with van der Waals surface area (Å²) in [5, 5.41) is 3.35. The molecule has 0 saturated carbocycles. The van der Waals surface area contributed by atoms with Crippen molar-refractivity contribution in [2.75, 3.05) is 12.1 Å². The molecule has 5 nitrogen and oxygen atoms in total. The number of para-hydroxylation sites is 1. The van der Waals surface area contributed by atoms with Crippen LogP contribution in [0.5, 0.6) is 0 Å². The summed E-state index contributed by atoms with van der Waals surface area (Å²) in [5.74, 6) is -0.653. The molecule has 0 aliphatic carbocycles. The summed E-state index contributed by atoms with van der Waals surface area (Å²) in [4.78, 5) is 29.5. The topological polar surface area (TPSA) is 53.0 Å². The van der Waals surface area contributed by atoms with E-state index >= 15 is 0 Å². The maximum atomic E-state index is 12.8. The fourth-order valence-corrected chi connectivity index (χ4v) is 2.84. The number of nitrogens with zero attached hydrogens (tertiary/aromatic N) is 3. The van der Waals surface area contributed by atoms with E-state index in [2.05, 4.69) is 4.99 Å². The quantitative estimate of drug-likeness (QED) is 0.847. The van der Waals surface area contributed by atoms with Crippen LogP contribution in [-0.2, 0) is 4.79 Å². The van der Waals surface area contributed by atoms with Gasteiger partial charge in [0.05, 0.1) is 11.7 Å². The molecule has 1 heterocycles. The molecule has 0 spiro atoms. The van der Waals surface area contributed by atoms with E-state index in [1.165, 1.54) is 0 Å². The minimum absolute atomic E-state index is 0.259. The highest BCUT2D eigenvalue weighted by molar-refractivity contribution is 6.48. The molecule has 1 saturated heterocycles. The number of benzene rings is 2. The molecular weight excluding hydrogens is 314 g/mol. The molecule has 1 fully saturated rings. The number of aliphatic imine (C=N–C) groups is 1. The summed E-state index contributed by atoms with van der Waals surface area (Å²) in [5.41, 5.74) is 3.65. The molecule has 25 heavy (non-hydrogen) atoms. The number of rotatable bonds is 2. The van der Waals surface area contributed by atoms with Crippen LogP contribution in [0.3, 0.4) is 0 Å². The van der Waals surface area contributed by atoms with Gasteiger partial charge in [0.2, 0.25) is 0 Å². The highest BCUT2D eigenvalue weighted by Crippen LogP contribution is 2.24. The van der Waals surface area contributed by atoms with Gasteiger partial charge in [0, 0.05) is 12.6 Å². The van der Waals surface area contributed by atoms with Crippen molar-refractivity contribution >= 4 is 23.2 Å². The number of carbonyl (C=O) groups is 2. The minimum Gasteiger partial charge on any atom is -0.267 e. The average Bonchev–Trinajstić information content (AvgIpc) is 2.81. The highest BCUT2D eigenvalue weighted by Gasteiger charge is 2.40. The van der Waals surface area contributed by atoms with Crippen molar-refractivity contribution in [1.29, 1.82) is 0 Å². The second kappa shape index (κ2) is 6.61. The maximum absolute atomic E-state index is 12.8. The standard InChI is InChI=1S/C20H21N3O2/c1-13-10-11-16(12-14(13)2)19(24)21-18-15(3)22(4)23(20(18)25)17-8-6-5-7-9-17/h5-12,15H,1-4H3. The van der Waals surface area contributed by atoms with Gasteiger partial charge in [0.1, 0.15) is 5.71 Å². The van der Waals surface area contributed by atoms with Crippen molar-refractivity contribution in [2.24, 2.45) is 4.99 Å². The zero-order chi connectivity index (χ0) is 18.1. The molecular formula is C20H21N3O2. The lowest BCUT2D eigenvalue weighted by molar-refractivity contribution is -0.113. The summed E-state index contributed by atoms with van der Waals surface area (Å²) in [7, 11) is 1.82. The third kappa shape index (κ3) is 3.10. The van der Waals surface area contributed by atoms with Crippen LogP contribution in [0.25, 0.3) is 0 Å². The Morgan fingerprint density at radius 1 is 1.04 bits per heavy atom. The summed E-state index contributed by atoms with van der Waals surface area (Å²) in [6, 6.07) is 14.5. The number of carbonyl (C=O) groups excluding carboxylic acids is 2. The molecule has 1 aliphatic rings. The molecule has 0 aromatic heterocycles. The summed E-state index contributed by atoms with van der Waals surface area (Å²) in [6.07, 6.45) is 0. The Labute approximate surface area is 147 Å². The summed E-state index contributed by atoms with van der Waals surface area (Å²) in [6.45, 7) is 5.81. The normalized spacial score (nSPS) is 19.7. The van der Waals surface area contributed by atoms with Crippen molar-refractivity contribution in [3.8, 4) is 0 Å². The Morgan fingerprint density at radius 2 is 1.72 bits per heavy atom. The molecule has 0 radical (unpaired) electrons. The monoisotopic (exact) mass is 335 g/mol. The van der Waals surface area contributed by atoms with E-state index in [1.807, 2.05) is 70.3 Å². The largest absolute Gasteiger partial charge is 0.289 e. The predicted octanol–water partition coefficient (Wildman–Crippen LogP) is 3.17. The first kappa shape index (κ1) is 17.0. The van der Waals surface area contributed by atoms with Crippen molar-refractivity contribution in [2.45, 2.75) is 26.8 Å². The molecule has 128 valence electrons. The zero-order valence-electron chi connectivity index (χ0n) is 14.9. The van der Waals surface area contributed by atoms with Gasteiger partial charge < -0.3 is 0 Å². The van der Waals surface area contributed by atoms with Gasteiger partial charge in [-0.05, 0) is 56.2 Å². The van der Waals surface area contributed by atoms with Crippen LogP contribution in [0.15, 0.2) is 53.5 Å². The number of aryl methyl sites for hydroxylation is 2. The summed E-state index contributed by atoms with van der Waals surface area (Å²) < 4.78 is 0. The van der Waals surface area contributed by atoms with Gasteiger partial charge >= 0.3 is 0 Å². The number of amides is 2.